The molecule has 9 nitrogen and oxygen atoms in total. The first kappa shape index (κ1) is 15.9. The maximum atomic E-state index is 11.3. The van der Waals surface area contributed by atoms with Crippen LogP contribution in [0.3, 0.4) is 0 Å². The van der Waals surface area contributed by atoms with Gasteiger partial charge in [0.1, 0.15) is 5.52 Å². The molecule has 3 aromatic heterocycles. The molecular weight excluding hydrogens is 342 g/mol. The SMILES string of the molecule is N#CC(N1CCCC(c2nncc3nnc4[nH]ccc4c23)C1)[SH](=O)=O. The van der Waals surface area contributed by atoms with Crippen molar-refractivity contribution in [3.05, 3.63) is 24.2 Å². The van der Waals surface area contributed by atoms with Crippen LogP contribution in [0, 0.1) is 11.3 Å². The Balaban J connectivity index is 1.79. The van der Waals surface area contributed by atoms with Crippen molar-refractivity contribution in [1.82, 2.24) is 30.3 Å². The van der Waals surface area contributed by atoms with E-state index in [0.29, 0.717) is 24.3 Å². The van der Waals surface area contributed by atoms with Crippen molar-refractivity contribution in [2.45, 2.75) is 24.1 Å². The molecule has 1 N–H and O–H groups in total. The first-order chi connectivity index (χ1) is 12.2. The summed E-state index contributed by atoms with van der Waals surface area (Å²) in [7, 11) is -2.83. The average Bonchev–Trinajstić information content (AvgIpc) is 3.11. The third-order valence-corrected chi connectivity index (χ3v) is 5.45. The highest BCUT2D eigenvalue weighted by molar-refractivity contribution is 7.73. The summed E-state index contributed by atoms with van der Waals surface area (Å²) in [5.74, 6) is -0.0157. The number of thiol groups is 1. The van der Waals surface area contributed by atoms with Gasteiger partial charge in [0.25, 0.3) is 0 Å². The fourth-order valence-electron chi connectivity index (χ4n) is 3.49. The van der Waals surface area contributed by atoms with Crippen LogP contribution in [-0.4, -0.2) is 57.2 Å². The van der Waals surface area contributed by atoms with E-state index in [1.54, 1.807) is 17.3 Å². The van der Waals surface area contributed by atoms with E-state index in [0.717, 1.165) is 29.3 Å². The number of hydrogen-bond acceptors (Lipinski definition) is 8. The fourth-order valence-corrected chi connectivity index (χ4v) is 4.06. The molecule has 0 aliphatic carbocycles. The van der Waals surface area contributed by atoms with Crippen molar-refractivity contribution >= 4 is 32.6 Å². The zero-order valence-corrected chi connectivity index (χ0v) is 14.1. The van der Waals surface area contributed by atoms with Crippen LogP contribution in [0.25, 0.3) is 21.9 Å². The lowest BCUT2D eigenvalue weighted by Gasteiger charge is -2.33. The summed E-state index contributed by atoms with van der Waals surface area (Å²) in [4.78, 5) is 4.74. The van der Waals surface area contributed by atoms with Crippen molar-refractivity contribution < 1.29 is 8.42 Å². The van der Waals surface area contributed by atoms with E-state index in [1.807, 2.05) is 12.1 Å². The molecule has 4 rings (SSSR count). The zero-order chi connectivity index (χ0) is 17.4. The van der Waals surface area contributed by atoms with Crippen LogP contribution < -0.4 is 0 Å². The van der Waals surface area contributed by atoms with Gasteiger partial charge < -0.3 is 4.98 Å². The Morgan fingerprint density at radius 3 is 3.04 bits per heavy atom. The molecule has 10 heteroatoms. The number of nitrogens with zero attached hydrogens (tertiary/aromatic N) is 6. The Morgan fingerprint density at radius 1 is 1.36 bits per heavy atom. The highest BCUT2D eigenvalue weighted by Gasteiger charge is 2.30. The van der Waals surface area contributed by atoms with Gasteiger partial charge in [-0.3, -0.25) is 4.90 Å². The number of hydrogen-bond donors (Lipinski definition) is 2. The molecule has 4 heterocycles. The second-order valence-electron chi connectivity index (χ2n) is 6.05. The molecule has 128 valence electrons. The van der Waals surface area contributed by atoms with Gasteiger partial charge in [-0.2, -0.15) is 15.5 Å². The Hall–Kier alpha value is -2.64. The van der Waals surface area contributed by atoms with Crippen molar-refractivity contribution in [3.8, 4) is 6.07 Å². The lowest BCUT2D eigenvalue weighted by molar-refractivity contribution is 0.211. The molecular formula is C15H15N7O2S. The standard InChI is InChI=1S/C15H15N7O2S/c16-6-12(25(23)24)22-5-1-2-9(8-22)14-13-10-3-4-17-15(10)21-19-11(13)7-18-20-14/h3-4,7,9,12,25H,1-2,5,8H2,(H,17,21). The van der Waals surface area contributed by atoms with Crippen LogP contribution >= 0.6 is 0 Å². The molecule has 2 unspecified atom stereocenters. The third-order valence-electron chi connectivity index (χ3n) is 4.61. The van der Waals surface area contributed by atoms with Crippen LogP contribution in [0.1, 0.15) is 24.5 Å². The van der Waals surface area contributed by atoms with Crippen LogP contribution in [-0.2, 0) is 10.7 Å². The van der Waals surface area contributed by atoms with Crippen molar-refractivity contribution in [2.24, 2.45) is 0 Å². The zero-order valence-electron chi connectivity index (χ0n) is 13.2. The molecule has 0 spiro atoms. The highest BCUT2D eigenvalue weighted by atomic mass is 32.2. The second-order valence-corrected chi connectivity index (χ2v) is 7.11. The number of nitrogens with one attached hydrogen (secondary N) is 1. The molecule has 2 atom stereocenters. The third kappa shape index (κ3) is 2.71. The monoisotopic (exact) mass is 357 g/mol. The van der Waals surface area contributed by atoms with Crippen LogP contribution in [0.15, 0.2) is 18.5 Å². The number of aromatic nitrogens is 5. The number of likely N-dealkylation sites (tertiary alicyclic amines) is 1. The van der Waals surface area contributed by atoms with Crippen LogP contribution in [0.4, 0.5) is 0 Å². The normalized spacial score (nSPS) is 20.1. The quantitative estimate of drug-likeness (QED) is 0.650. The van der Waals surface area contributed by atoms with Crippen molar-refractivity contribution in [1.29, 1.82) is 5.26 Å². The summed E-state index contributed by atoms with van der Waals surface area (Å²) in [6, 6.07) is 3.79. The largest absolute Gasteiger partial charge is 0.345 e. The lowest BCUT2D eigenvalue weighted by Crippen LogP contribution is -2.42. The Bertz CT molecular complexity index is 1050. The van der Waals surface area contributed by atoms with Gasteiger partial charge in [-0.1, -0.05) is 0 Å². The molecule has 1 aliphatic rings. The summed E-state index contributed by atoms with van der Waals surface area (Å²) in [5, 5.41) is 26.5. The van der Waals surface area contributed by atoms with Gasteiger partial charge in [-0.15, -0.1) is 10.2 Å². The molecule has 25 heavy (non-hydrogen) atoms. The summed E-state index contributed by atoms with van der Waals surface area (Å²) in [6.45, 7) is 1.03. The lowest BCUT2D eigenvalue weighted by atomic mass is 9.92. The second kappa shape index (κ2) is 6.34. The summed E-state index contributed by atoms with van der Waals surface area (Å²) in [5.41, 5.74) is 2.10. The Kier molecular flexibility index (Phi) is 4.03. The minimum Gasteiger partial charge on any atom is -0.345 e. The highest BCUT2D eigenvalue weighted by Crippen LogP contribution is 2.33. The van der Waals surface area contributed by atoms with Gasteiger partial charge in [-0.25, -0.2) is 8.42 Å². The van der Waals surface area contributed by atoms with E-state index in [-0.39, 0.29) is 5.92 Å². The molecule has 0 saturated carbocycles. The molecule has 1 saturated heterocycles. The first-order valence-corrected chi connectivity index (χ1v) is 9.16. The fraction of sp³-hybridized carbons (Fsp3) is 0.400. The summed E-state index contributed by atoms with van der Waals surface area (Å²) < 4.78 is 22.7. The van der Waals surface area contributed by atoms with Crippen molar-refractivity contribution in [3.63, 3.8) is 0 Å². The van der Waals surface area contributed by atoms with Gasteiger partial charge in [0.05, 0.1) is 18.0 Å². The molecule has 1 aliphatic heterocycles. The van der Waals surface area contributed by atoms with E-state index < -0.39 is 16.1 Å². The van der Waals surface area contributed by atoms with E-state index >= 15 is 0 Å². The van der Waals surface area contributed by atoms with Gasteiger partial charge in [-0.05, 0) is 18.9 Å². The van der Waals surface area contributed by atoms with Gasteiger partial charge in [0, 0.05) is 36.0 Å². The van der Waals surface area contributed by atoms with Crippen LogP contribution in [0.5, 0.6) is 0 Å². The van der Waals surface area contributed by atoms with Crippen molar-refractivity contribution in [2.75, 3.05) is 13.1 Å². The van der Waals surface area contributed by atoms with E-state index in [1.165, 1.54) is 0 Å². The minimum absolute atomic E-state index is 0.0157. The Morgan fingerprint density at radius 2 is 2.24 bits per heavy atom. The molecule has 0 aromatic carbocycles. The van der Waals surface area contributed by atoms with Crippen LogP contribution in [0.2, 0.25) is 0 Å². The van der Waals surface area contributed by atoms with E-state index in [9.17, 15) is 8.42 Å². The van der Waals surface area contributed by atoms with E-state index in [2.05, 4.69) is 25.4 Å². The molecule has 0 amide bonds. The van der Waals surface area contributed by atoms with Gasteiger partial charge >= 0.3 is 0 Å². The molecule has 0 bridgehead atoms. The topological polar surface area (TPSA) is 129 Å². The Labute approximate surface area is 144 Å². The number of rotatable bonds is 3. The predicted octanol–water partition coefficient (Wildman–Crippen LogP) is 0.542. The van der Waals surface area contributed by atoms with E-state index in [4.69, 9.17) is 5.26 Å². The summed E-state index contributed by atoms with van der Waals surface area (Å²) in [6.07, 6.45) is 5.01. The maximum absolute atomic E-state index is 11.3. The number of fused-ring (bicyclic) bond motifs is 3. The number of nitriles is 1. The average molecular weight is 357 g/mol. The van der Waals surface area contributed by atoms with Gasteiger partial charge in [0.2, 0.25) is 0 Å². The number of H-pyrrole nitrogens is 1. The molecule has 1 fully saturated rings. The number of aromatic amines is 1. The number of piperidine rings is 1. The summed E-state index contributed by atoms with van der Waals surface area (Å²) >= 11 is 0. The maximum Gasteiger partial charge on any atom is 0.198 e. The first-order valence-electron chi connectivity index (χ1n) is 7.91. The molecule has 0 radical (unpaired) electrons. The minimum atomic E-state index is -2.83. The molecule has 3 aromatic rings. The smallest absolute Gasteiger partial charge is 0.198 e. The predicted molar refractivity (Wildman–Crippen MR) is 90.2 cm³/mol. The van der Waals surface area contributed by atoms with Gasteiger partial charge in [0.15, 0.2) is 21.7 Å².